The molecule has 1 heterocycles. The van der Waals surface area contributed by atoms with Gasteiger partial charge in [0.2, 0.25) is 0 Å². The molecule has 0 saturated carbocycles. The Kier molecular flexibility index (Phi) is 6.05. The monoisotopic (exact) mass is 457 g/mol. The van der Waals surface area contributed by atoms with Crippen LogP contribution in [-0.4, -0.2) is 16.8 Å². The summed E-state index contributed by atoms with van der Waals surface area (Å²) < 4.78 is 0. The maximum Gasteiger partial charge on any atom is 0.256 e. The van der Waals surface area contributed by atoms with Gasteiger partial charge in [0.25, 0.3) is 11.8 Å². The number of carbonyl (C=O) groups is 2. The van der Waals surface area contributed by atoms with Crippen molar-refractivity contribution in [3.8, 4) is 11.3 Å². The number of hydrogen-bond donors (Lipinski definition) is 2. The van der Waals surface area contributed by atoms with E-state index in [9.17, 15) is 9.59 Å². The van der Waals surface area contributed by atoms with Crippen LogP contribution in [0, 0.1) is 6.92 Å². The number of pyridine rings is 1. The van der Waals surface area contributed by atoms with Gasteiger partial charge in [0.1, 0.15) is 0 Å². The summed E-state index contributed by atoms with van der Waals surface area (Å²) in [6, 6.07) is 33.6. The molecule has 0 aliphatic carbocycles. The lowest BCUT2D eigenvalue weighted by Gasteiger charge is -2.13. The number of nitrogens with zero attached hydrogens (tertiary/aromatic N) is 1. The normalized spacial score (nSPS) is 10.7. The van der Waals surface area contributed by atoms with Gasteiger partial charge in [0.15, 0.2) is 0 Å². The van der Waals surface area contributed by atoms with Crippen molar-refractivity contribution >= 4 is 34.1 Å². The second kappa shape index (κ2) is 9.61. The van der Waals surface area contributed by atoms with Crippen molar-refractivity contribution in [2.75, 3.05) is 10.6 Å². The third-order valence-electron chi connectivity index (χ3n) is 5.77. The first-order valence-corrected chi connectivity index (χ1v) is 11.3. The minimum atomic E-state index is -0.244. The van der Waals surface area contributed by atoms with Gasteiger partial charge in [0.05, 0.1) is 16.8 Å². The number of nitrogens with one attached hydrogen (secondary N) is 2. The summed E-state index contributed by atoms with van der Waals surface area (Å²) >= 11 is 0. The topological polar surface area (TPSA) is 71.1 Å². The number of aromatic nitrogens is 1. The lowest BCUT2D eigenvalue weighted by Crippen LogP contribution is -2.14. The average molecular weight is 458 g/mol. The lowest BCUT2D eigenvalue weighted by atomic mass is 10.0. The number of rotatable bonds is 5. The predicted molar refractivity (Wildman–Crippen MR) is 141 cm³/mol. The van der Waals surface area contributed by atoms with Crippen molar-refractivity contribution in [3.63, 3.8) is 0 Å². The molecule has 5 nitrogen and oxygen atoms in total. The summed E-state index contributed by atoms with van der Waals surface area (Å²) in [5.41, 5.74) is 5.75. The van der Waals surface area contributed by atoms with Crippen molar-refractivity contribution in [2.45, 2.75) is 6.92 Å². The highest BCUT2D eigenvalue weighted by Gasteiger charge is 2.16. The molecule has 1 aromatic heterocycles. The highest BCUT2D eigenvalue weighted by molar-refractivity contribution is 6.13. The Hall–Kier alpha value is -4.77. The van der Waals surface area contributed by atoms with E-state index >= 15 is 0 Å². The zero-order chi connectivity index (χ0) is 24.2. The maximum atomic E-state index is 13.5. The number of hydrogen-bond acceptors (Lipinski definition) is 3. The quantitative estimate of drug-likeness (QED) is 0.308. The van der Waals surface area contributed by atoms with Gasteiger partial charge in [-0.05, 0) is 48.9 Å². The summed E-state index contributed by atoms with van der Waals surface area (Å²) in [7, 11) is 0. The standard InChI is InChI=1S/C30H23N3O2/c1-20-10-8-17-25-26(19-27(33-28(20)25)21-11-4-2-5-12-21)30(35)32-24-16-9-15-23(18-24)31-29(34)22-13-6-3-7-14-22/h2-19H,1H3,(H,31,34)(H,32,35). The van der Waals surface area contributed by atoms with Crippen LogP contribution < -0.4 is 10.6 Å². The molecule has 0 saturated heterocycles. The van der Waals surface area contributed by atoms with Gasteiger partial charge in [-0.2, -0.15) is 0 Å². The number of para-hydroxylation sites is 1. The number of carbonyl (C=O) groups excluding carboxylic acids is 2. The smallest absolute Gasteiger partial charge is 0.256 e. The van der Waals surface area contributed by atoms with Crippen LogP contribution in [0.25, 0.3) is 22.2 Å². The van der Waals surface area contributed by atoms with E-state index in [0.29, 0.717) is 22.5 Å². The van der Waals surface area contributed by atoms with Crippen LogP contribution in [0.1, 0.15) is 26.3 Å². The number of aryl methyl sites for hydroxylation is 1. The maximum absolute atomic E-state index is 13.5. The SMILES string of the molecule is Cc1cccc2c(C(=O)Nc3cccc(NC(=O)c4ccccc4)c3)cc(-c3ccccc3)nc12. The second-order valence-corrected chi connectivity index (χ2v) is 8.25. The molecular formula is C30H23N3O2. The second-order valence-electron chi connectivity index (χ2n) is 8.25. The van der Waals surface area contributed by atoms with Gasteiger partial charge >= 0.3 is 0 Å². The minimum Gasteiger partial charge on any atom is -0.322 e. The lowest BCUT2D eigenvalue weighted by molar-refractivity contribution is 0.102. The fourth-order valence-corrected chi connectivity index (χ4v) is 4.00. The van der Waals surface area contributed by atoms with E-state index in [1.54, 1.807) is 36.4 Å². The molecule has 0 unspecified atom stereocenters. The number of anilines is 2. The highest BCUT2D eigenvalue weighted by Crippen LogP contribution is 2.28. The molecule has 170 valence electrons. The largest absolute Gasteiger partial charge is 0.322 e. The van der Waals surface area contributed by atoms with Crippen molar-refractivity contribution in [3.05, 3.63) is 126 Å². The van der Waals surface area contributed by atoms with Crippen LogP contribution in [-0.2, 0) is 0 Å². The minimum absolute atomic E-state index is 0.211. The van der Waals surface area contributed by atoms with E-state index in [1.807, 2.05) is 79.7 Å². The first kappa shape index (κ1) is 22.0. The van der Waals surface area contributed by atoms with E-state index in [2.05, 4.69) is 10.6 Å². The van der Waals surface area contributed by atoms with E-state index in [4.69, 9.17) is 4.98 Å². The van der Waals surface area contributed by atoms with Gasteiger partial charge in [-0.25, -0.2) is 4.98 Å². The number of fused-ring (bicyclic) bond motifs is 1. The molecule has 5 rings (SSSR count). The summed E-state index contributed by atoms with van der Waals surface area (Å²) in [6.45, 7) is 1.99. The Morgan fingerprint density at radius 1 is 0.657 bits per heavy atom. The zero-order valence-corrected chi connectivity index (χ0v) is 19.2. The van der Waals surface area contributed by atoms with Crippen molar-refractivity contribution in [2.24, 2.45) is 0 Å². The van der Waals surface area contributed by atoms with Crippen molar-refractivity contribution in [1.82, 2.24) is 4.98 Å². The molecule has 5 aromatic rings. The molecule has 0 atom stereocenters. The highest BCUT2D eigenvalue weighted by atomic mass is 16.2. The third-order valence-corrected chi connectivity index (χ3v) is 5.77. The average Bonchev–Trinajstić information content (AvgIpc) is 2.89. The Balaban J connectivity index is 1.46. The molecular weight excluding hydrogens is 434 g/mol. The summed E-state index contributed by atoms with van der Waals surface area (Å²) in [5, 5.41) is 6.65. The Morgan fingerprint density at radius 2 is 1.29 bits per heavy atom. The van der Waals surface area contributed by atoms with Crippen LogP contribution >= 0.6 is 0 Å². The van der Waals surface area contributed by atoms with Crippen LogP contribution in [0.2, 0.25) is 0 Å². The van der Waals surface area contributed by atoms with Crippen molar-refractivity contribution < 1.29 is 9.59 Å². The molecule has 0 bridgehead atoms. The molecule has 0 radical (unpaired) electrons. The van der Waals surface area contributed by atoms with Gasteiger partial charge in [-0.15, -0.1) is 0 Å². The fourth-order valence-electron chi connectivity index (χ4n) is 4.00. The molecule has 35 heavy (non-hydrogen) atoms. The van der Waals surface area contributed by atoms with E-state index in [1.165, 1.54) is 0 Å². The molecule has 0 aliphatic heterocycles. The van der Waals surface area contributed by atoms with Gasteiger partial charge < -0.3 is 10.6 Å². The third kappa shape index (κ3) is 4.80. The van der Waals surface area contributed by atoms with E-state index < -0.39 is 0 Å². The Bertz CT molecular complexity index is 1530. The first-order chi connectivity index (χ1) is 17.1. The van der Waals surface area contributed by atoms with Gasteiger partial charge in [-0.3, -0.25) is 9.59 Å². The van der Waals surface area contributed by atoms with Crippen LogP contribution in [0.15, 0.2) is 109 Å². The van der Waals surface area contributed by atoms with E-state index in [0.717, 1.165) is 27.7 Å². The Labute approximate surface area is 203 Å². The van der Waals surface area contributed by atoms with Crippen molar-refractivity contribution in [1.29, 1.82) is 0 Å². The molecule has 2 amide bonds. The van der Waals surface area contributed by atoms with E-state index in [-0.39, 0.29) is 11.8 Å². The summed E-state index contributed by atoms with van der Waals surface area (Å²) in [4.78, 5) is 30.8. The van der Waals surface area contributed by atoms with Crippen LogP contribution in [0.4, 0.5) is 11.4 Å². The molecule has 0 fully saturated rings. The number of amides is 2. The number of benzene rings is 4. The Morgan fingerprint density at radius 3 is 2.00 bits per heavy atom. The summed E-state index contributed by atoms with van der Waals surface area (Å²) in [6.07, 6.45) is 0. The first-order valence-electron chi connectivity index (χ1n) is 11.3. The molecule has 4 aromatic carbocycles. The molecule has 5 heteroatoms. The fraction of sp³-hybridized carbons (Fsp3) is 0.0333. The molecule has 0 spiro atoms. The van der Waals surface area contributed by atoms with Crippen LogP contribution in [0.3, 0.4) is 0 Å². The molecule has 2 N–H and O–H groups in total. The van der Waals surface area contributed by atoms with Gasteiger partial charge in [-0.1, -0.05) is 72.8 Å². The molecule has 0 aliphatic rings. The van der Waals surface area contributed by atoms with Gasteiger partial charge in [0, 0.05) is 27.9 Å². The van der Waals surface area contributed by atoms with Crippen LogP contribution in [0.5, 0.6) is 0 Å². The predicted octanol–water partition coefficient (Wildman–Crippen LogP) is 6.71. The summed E-state index contributed by atoms with van der Waals surface area (Å²) in [5.74, 6) is -0.455. The zero-order valence-electron chi connectivity index (χ0n) is 19.2.